The van der Waals surface area contributed by atoms with E-state index in [4.69, 9.17) is 19.4 Å². The van der Waals surface area contributed by atoms with Crippen LogP contribution in [-0.4, -0.2) is 83.6 Å². The summed E-state index contributed by atoms with van der Waals surface area (Å²) in [6, 6.07) is 15.1. The minimum Gasteiger partial charge on any atom is -0.508 e. The maximum atomic E-state index is 14.4. The summed E-state index contributed by atoms with van der Waals surface area (Å²) in [6.45, 7) is 4.34. The molecule has 0 saturated carbocycles. The van der Waals surface area contributed by atoms with Gasteiger partial charge in [-0.2, -0.15) is 9.97 Å². The molecule has 5 heterocycles. The van der Waals surface area contributed by atoms with Gasteiger partial charge in [-0.1, -0.05) is 30.3 Å². The molecule has 4 aliphatic heterocycles. The maximum Gasteiger partial charge on any atom is 0.318 e. The Labute approximate surface area is 238 Å². The third-order valence-corrected chi connectivity index (χ3v) is 8.82. The predicted octanol–water partition coefficient (Wildman–Crippen LogP) is 4.19. The van der Waals surface area contributed by atoms with Gasteiger partial charge in [0.1, 0.15) is 29.9 Å². The largest absolute Gasteiger partial charge is 0.508 e. The number of halogens is 1. The first-order valence-electron chi connectivity index (χ1n) is 14.5. The number of anilines is 2. The topological polar surface area (TPSA) is 91.3 Å². The van der Waals surface area contributed by atoms with E-state index in [-0.39, 0.29) is 29.8 Å². The van der Waals surface area contributed by atoms with Crippen LogP contribution >= 0.6 is 0 Å². The molecular weight excluding hydrogens is 525 g/mol. The summed E-state index contributed by atoms with van der Waals surface area (Å²) < 4.78 is 26.3. The highest BCUT2D eigenvalue weighted by Gasteiger charge is 2.49. The van der Waals surface area contributed by atoms with Crippen molar-refractivity contribution in [1.82, 2.24) is 14.9 Å². The number of fused-ring (bicyclic) bond motifs is 2. The number of aromatic hydroxyl groups is 1. The molecule has 1 aromatic heterocycles. The average molecular weight is 560 g/mol. The molecule has 214 valence electrons. The van der Waals surface area contributed by atoms with Crippen LogP contribution in [0.5, 0.6) is 11.8 Å². The van der Waals surface area contributed by atoms with Crippen molar-refractivity contribution < 1.29 is 23.8 Å². The molecule has 1 N–H and O–H groups in total. The van der Waals surface area contributed by atoms with Gasteiger partial charge in [-0.3, -0.25) is 9.69 Å². The number of alkyl halides is 1. The van der Waals surface area contributed by atoms with Gasteiger partial charge in [0.05, 0.1) is 30.1 Å². The highest BCUT2D eigenvalue weighted by Crippen LogP contribution is 2.42. The van der Waals surface area contributed by atoms with Crippen LogP contribution in [0.1, 0.15) is 41.7 Å². The van der Waals surface area contributed by atoms with Gasteiger partial charge in [-0.25, -0.2) is 4.39 Å². The quantitative estimate of drug-likeness (QED) is 0.481. The van der Waals surface area contributed by atoms with E-state index in [0.717, 1.165) is 36.9 Å². The molecule has 0 bridgehead atoms. The van der Waals surface area contributed by atoms with Crippen molar-refractivity contribution in [3.8, 4) is 22.9 Å². The van der Waals surface area contributed by atoms with Crippen molar-refractivity contribution in [1.29, 1.82) is 0 Å². The number of phenolic OH excluding ortho intramolecular Hbond substituents is 1. The van der Waals surface area contributed by atoms with Crippen LogP contribution in [0.3, 0.4) is 0 Å². The van der Waals surface area contributed by atoms with Crippen LogP contribution < -0.4 is 14.5 Å². The SMILES string of the molecule is O=C1c2c(nc(OCC34CCCN3CC(F)C4)nc2N2CCCOCC2)CN1c1cc(O)ccc1-c1ccccc1. The fourth-order valence-corrected chi connectivity index (χ4v) is 6.86. The maximum absolute atomic E-state index is 14.4. The molecule has 0 aliphatic carbocycles. The molecule has 41 heavy (non-hydrogen) atoms. The lowest BCUT2D eigenvalue weighted by Gasteiger charge is -2.31. The third kappa shape index (κ3) is 4.78. The van der Waals surface area contributed by atoms with Crippen LogP contribution in [-0.2, 0) is 11.3 Å². The Kier molecular flexibility index (Phi) is 6.75. The van der Waals surface area contributed by atoms with Crippen molar-refractivity contribution in [2.24, 2.45) is 0 Å². The molecule has 0 radical (unpaired) electrons. The first-order chi connectivity index (χ1) is 20.0. The number of nitrogens with zero attached hydrogens (tertiary/aromatic N) is 5. The number of carbonyl (C=O) groups excluding carboxylic acids is 1. The van der Waals surface area contributed by atoms with Gasteiger partial charge in [0, 0.05) is 44.3 Å². The highest BCUT2D eigenvalue weighted by atomic mass is 19.1. The lowest BCUT2D eigenvalue weighted by molar-refractivity contribution is 0.0995. The zero-order valence-corrected chi connectivity index (χ0v) is 23.0. The lowest BCUT2D eigenvalue weighted by Crippen LogP contribution is -2.43. The molecule has 2 atom stereocenters. The second-order valence-electron chi connectivity index (χ2n) is 11.4. The van der Waals surface area contributed by atoms with Gasteiger partial charge in [-0.15, -0.1) is 0 Å². The number of carbonyl (C=O) groups is 1. The summed E-state index contributed by atoms with van der Waals surface area (Å²) >= 11 is 0. The Morgan fingerprint density at radius 3 is 2.83 bits per heavy atom. The molecular formula is C31H34FN5O4. The number of phenols is 1. The van der Waals surface area contributed by atoms with Crippen LogP contribution in [0, 0.1) is 0 Å². The predicted molar refractivity (Wildman–Crippen MR) is 152 cm³/mol. The van der Waals surface area contributed by atoms with E-state index in [0.29, 0.717) is 68.6 Å². The van der Waals surface area contributed by atoms with Gasteiger partial charge < -0.3 is 24.4 Å². The monoisotopic (exact) mass is 559 g/mol. The molecule has 4 aliphatic rings. The molecule has 3 aromatic rings. The zero-order valence-electron chi connectivity index (χ0n) is 23.0. The number of hydrogen-bond donors (Lipinski definition) is 1. The molecule has 9 nitrogen and oxygen atoms in total. The van der Waals surface area contributed by atoms with Gasteiger partial charge in [0.25, 0.3) is 5.91 Å². The van der Waals surface area contributed by atoms with Crippen molar-refractivity contribution in [2.75, 3.05) is 55.8 Å². The first-order valence-corrected chi connectivity index (χ1v) is 14.5. The zero-order chi connectivity index (χ0) is 28.0. The van der Waals surface area contributed by atoms with Crippen LogP contribution in [0.4, 0.5) is 15.9 Å². The molecule has 2 aromatic carbocycles. The summed E-state index contributed by atoms with van der Waals surface area (Å²) in [7, 11) is 0. The smallest absolute Gasteiger partial charge is 0.318 e. The summed E-state index contributed by atoms with van der Waals surface area (Å²) in [5.74, 6) is 0.401. The van der Waals surface area contributed by atoms with Crippen LogP contribution in [0.25, 0.3) is 11.1 Å². The summed E-state index contributed by atoms with van der Waals surface area (Å²) in [5, 5.41) is 10.4. The molecule has 3 fully saturated rings. The minimum atomic E-state index is -0.847. The highest BCUT2D eigenvalue weighted by molar-refractivity contribution is 6.14. The van der Waals surface area contributed by atoms with Gasteiger partial charge in [0.2, 0.25) is 0 Å². The molecule has 1 amide bonds. The Morgan fingerprint density at radius 2 is 1.95 bits per heavy atom. The Hall–Kier alpha value is -3.76. The average Bonchev–Trinajstić information content (AvgIpc) is 3.52. The fourth-order valence-electron chi connectivity index (χ4n) is 6.86. The Morgan fingerprint density at radius 1 is 1.07 bits per heavy atom. The molecule has 7 rings (SSSR count). The molecule has 2 unspecified atom stereocenters. The van der Waals surface area contributed by atoms with Crippen LogP contribution in [0.15, 0.2) is 48.5 Å². The van der Waals surface area contributed by atoms with Crippen molar-refractivity contribution >= 4 is 17.4 Å². The number of amides is 1. The van der Waals surface area contributed by atoms with E-state index in [1.54, 1.807) is 17.0 Å². The Bertz CT molecular complexity index is 1450. The van der Waals surface area contributed by atoms with E-state index < -0.39 is 6.17 Å². The lowest BCUT2D eigenvalue weighted by atomic mass is 9.95. The third-order valence-electron chi connectivity index (χ3n) is 8.82. The Balaban J connectivity index is 1.25. The van der Waals surface area contributed by atoms with Crippen LogP contribution in [0.2, 0.25) is 0 Å². The van der Waals surface area contributed by atoms with Gasteiger partial charge in [-0.05, 0) is 43.5 Å². The van der Waals surface area contributed by atoms with Crippen molar-refractivity contribution in [2.45, 2.75) is 43.9 Å². The van der Waals surface area contributed by atoms with E-state index in [1.807, 2.05) is 36.4 Å². The molecule has 10 heteroatoms. The van der Waals surface area contributed by atoms with E-state index in [1.165, 1.54) is 0 Å². The number of hydrogen-bond acceptors (Lipinski definition) is 8. The number of aromatic nitrogens is 2. The van der Waals surface area contributed by atoms with Gasteiger partial charge >= 0.3 is 6.01 Å². The second-order valence-corrected chi connectivity index (χ2v) is 11.4. The van der Waals surface area contributed by atoms with E-state index >= 15 is 0 Å². The van der Waals surface area contributed by atoms with E-state index in [9.17, 15) is 14.3 Å². The van der Waals surface area contributed by atoms with E-state index in [2.05, 4.69) is 9.80 Å². The van der Waals surface area contributed by atoms with Crippen molar-refractivity contribution in [3.63, 3.8) is 0 Å². The minimum absolute atomic E-state index is 0.0755. The van der Waals surface area contributed by atoms with Crippen molar-refractivity contribution in [3.05, 3.63) is 59.8 Å². The second kappa shape index (κ2) is 10.6. The summed E-state index contributed by atoms with van der Waals surface area (Å²) in [4.78, 5) is 29.6. The first kappa shape index (κ1) is 26.2. The van der Waals surface area contributed by atoms with Gasteiger partial charge in [0.15, 0.2) is 0 Å². The molecule has 0 spiro atoms. The summed E-state index contributed by atoms with van der Waals surface area (Å²) in [5.41, 5.74) is 3.08. The standard InChI is InChI=1S/C31H34FN5O4/c32-22-17-31(10-4-12-36(31)18-22)20-41-30-33-25-19-37(26-16-23(38)8-9-24(26)21-6-2-1-3-7-21)29(39)27(25)28(34-30)35-11-5-14-40-15-13-35/h1-3,6-9,16,22,38H,4-5,10-15,17-20H2. The number of benzene rings is 2. The normalized spacial score (nSPS) is 24.4. The number of ether oxygens (including phenoxy) is 2. The number of rotatable bonds is 6. The molecule has 3 saturated heterocycles. The fraction of sp³-hybridized carbons (Fsp3) is 0.452. The summed E-state index contributed by atoms with van der Waals surface area (Å²) in [6.07, 6.45) is 2.34.